The maximum absolute atomic E-state index is 5.50. The van der Waals surface area contributed by atoms with Crippen LogP contribution in [0.3, 0.4) is 0 Å². The van der Waals surface area contributed by atoms with Gasteiger partial charge >= 0.3 is 0 Å². The second kappa shape index (κ2) is 2.42. The first-order valence-electron chi connectivity index (χ1n) is 3.57. The lowest BCUT2D eigenvalue weighted by molar-refractivity contribution is 0.141. The zero-order valence-electron chi connectivity index (χ0n) is 6.40. The predicted octanol–water partition coefficient (Wildman–Crippen LogP) is 2.48. The summed E-state index contributed by atoms with van der Waals surface area (Å²) in [5.74, 6) is 1.14. The summed E-state index contributed by atoms with van der Waals surface area (Å²) in [6.07, 6.45) is 2.75. The van der Waals surface area contributed by atoms with Crippen molar-refractivity contribution in [1.29, 1.82) is 0 Å². The van der Waals surface area contributed by atoms with Gasteiger partial charge in [0.15, 0.2) is 0 Å². The molecule has 0 aromatic heterocycles. The van der Waals surface area contributed by atoms with Crippen molar-refractivity contribution in [2.24, 2.45) is 0 Å². The van der Waals surface area contributed by atoms with Crippen molar-refractivity contribution in [3.05, 3.63) is 11.3 Å². The van der Waals surface area contributed by atoms with Crippen molar-refractivity contribution in [1.82, 2.24) is 0 Å². The molecule has 0 saturated carbocycles. The van der Waals surface area contributed by atoms with Gasteiger partial charge in [-0.25, -0.2) is 0 Å². The average Bonchev–Trinajstić information content (AvgIpc) is 2.13. The second-order valence-corrected chi connectivity index (χ2v) is 2.69. The number of hydrogen-bond donors (Lipinski definition) is 0. The van der Waals surface area contributed by atoms with Gasteiger partial charge in [0, 0.05) is 6.42 Å². The summed E-state index contributed by atoms with van der Waals surface area (Å²) in [5.41, 5.74) is 1.42. The Morgan fingerprint density at radius 3 is 2.44 bits per heavy atom. The summed E-state index contributed by atoms with van der Waals surface area (Å²) >= 11 is 0. The molecule has 1 aliphatic heterocycles. The summed E-state index contributed by atoms with van der Waals surface area (Å²) < 4.78 is 5.50. The first-order valence-corrected chi connectivity index (χ1v) is 3.57. The normalized spacial score (nSPS) is 26.8. The Morgan fingerprint density at radius 2 is 2.22 bits per heavy atom. The standard InChI is InChI=1S/C8H14O/c1-4-8-5-6(2)7(3)9-8/h8H,4-5H2,1-3H3. The van der Waals surface area contributed by atoms with E-state index in [0.717, 1.165) is 18.6 Å². The van der Waals surface area contributed by atoms with Gasteiger partial charge in [0.25, 0.3) is 0 Å². The van der Waals surface area contributed by atoms with Crippen LogP contribution in [0.2, 0.25) is 0 Å². The molecule has 1 unspecified atom stereocenters. The monoisotopic (exact) mass is 126 g/mol. The zero-order valence-corrected chi connectivity index (χ0v) is 6.40. The van der Waals surface area contributed by atoms with Crippen molar-refractivity contribution in [2.75, 3.05) is 0 Å². The number of rotatable bonds is 1. The minimum atomic E-state index is 0.477. The first-order chi connectivity index (χ1) is 4.24. The molecular weight excluding hydrogens is 112 g/mol. The van der Waals surface area contributed by atoms with Crippen LogP contribution < -0.4 is 0 Å². The molecule has 1 aliphatic rings. The molecule has 1 heterocycles. The molecule has 1 atom stereocenters. The van der Waals surface area contributed by atoms with E-state index < -0.39 is 0 Å². The third-order valence-corrected chi connectivity index (χ3v) is 1.93. The van der Waals surface area contributed by atoms with Crippen LogP contribution in [0, 0.1) is 0 Å². The lowest BCUT2D eigenvalue weighted by atomic mass is 10.1. The van der Waals surface area contributed by atoms with Gasteiger partial charge in [-0.15, -0.1) is 0 Å². The number of ether oxygens (including phenoxy) is 1. The summed E-state index contributed by atoms with van der Waals surface area (Å²) in [6, 6.07) is 0. The van der Waals surface area contributed by atoms with Crippen LogP contribution in [0.15, 0.2) is 11.3 Å². The Kier molecular flexibility index (Phi) is 1.79. The van der Waals surface area contributed by atoms with E-state index in [0.29, 0.717) is 6.10 Å². The van der Waals surface area contributed by atoms with E-state index in [1.54, 1.807) is 0 Å². The maximum Gasteiger partial charge on any atom is 0.102 e. The third-order valence-electron chi connectivity index (χ3n) is 1.93. The summed E-state index contributed by atoms with van der Waals surface area (Å²) in [6.45, 7) is 6.35. The van der Waals surface area contributed by atoms with Gasteiger partial charge in [-0.05, 0) is 25.8 Å². The molecule has 0 aromatic rings. The Labute approximate surface area is 56.7 Å². The highest BCUT2D eigenvalue weighted by Gasteiger charge is 2.17. The topological polar surface area (TPSA) is 9.23 Å². The van der Waals surface area contributed by atoms with Crippen LogP contribution in [0.1, 0.15) is 33.6 Å². The predicted molar refractivity (Wildman–Crippen MR) is 38.2 cm³/mol. The van der Waals surface area contributed by atoms with Crippen LogP contribution >= 0.6 is 0 Å². The molecule has 0 aliphatic carbocycles. The van der Waals surface area contributed by atoms with Crippen LogP contribution in [0.25, 0.3) is 0 Å². The Balaban J connectivity index is 2.48. The molecule has 0 fully saturated rings. The van der Waals surface area contributed by atoms with E-state index in [1.807, 2.05) is 6.92 Å². The second-order valence-electron chi connectivity index (χ2n) is 2.69. The molecule has 9 heavy (non-hydrogen) atoms. The van der Waals surface area contributed by atoms with Gasteiger partial charge in [0.05, 0.1) is 5.76 Å². The molecule has 0 aromatic carbocycles. The Hall–Kier alpha value is -0.460. The van der Waals surface area contributed by atoms with Crippen molar-refractivity contribution in [3.63, 3.8) is 0 Å². The third kappa shape index (κ3) is 1.26. The molecule has 0 N–H and O–H groups in total. The Morgan fingerprint density at radius 1 is 1.56 bits per heavy atom. The molecule has 1 heteroatoms. The molecule has 1 nitrogen and oxygen atoms in total. The molecule has 0 amide bonds. The van der Waals surface area contributed by atoms with Crippen LogP contribution in [-0.2, 0) is 4.74 Å². The minimum Gasteiger partial charge on any atom is -0.495 e. The van der Waals surface area contributed by atoms with Crippen LogP contribution in [0.5, 0.6) is 0 Å². The lowest BCUT2D eigenvalue weighted by Gasteiger charge is -2.06. The van der Waals surface area contributed by atoms with Gasteiger partial charge in [0.2, 0.25) is 0 Å². The summed E-state index contributed by atoms with van der Waals surface area (Å²) in [5, 5.41) is 0. The zero-order chi connectivity index (χ0) is 6.85. The molecule has 0 radical (unpaired) electrons. The maximum atomic E-state index is 5.50. The smallest absolute Gasteiger partial charge is 0.102 e. The van der Waals surface area contributed by atoms with E-state index >= 15 is 0 Å². The van der Waals surface area contributed by atoms with E-state index in [4.69, 9.17) is 4.74 Å². The number of allylic oxidation sites excluding steroid dienone is 1. The fraction of sp³-hybridized carbons (Fsp3) is 0.750. The molecular formula is C8H14O. The highest BCUT2D eigenvalue weighted by Crippen LogP contribution is 2.25. The minimum absolute atomic E-state index is 0.477. The van der Waals surface area contributed by atoms with Crippen molar-refractivity contribution in [3.8, 4) is 0 Å². The van der Waals surface area contributed by atoms with Gasteiger partial charge in [-0.1, -0.05) is 6.92 Å². The van der Waals surface area contributed by atoms with E-state index in [-0.39, 0.29) is 0 Å². The van der Waals surface area contributed by atoms with Crippen molar-refractivity contribution < 1.29 is 4.74 Å². The van der Waals surface area contributed by atoms with Crippen molar-refractivity contribution in [2.45, 2.75) is 39.7 Å². The largest absolute Gasteiger partial charge is 0.495 e. The van der Waals surface area contributed by atoms with Crippen LogP contribution in [-0.4, -0.2) is 6.10 Å². The van der Waals surface area contributed by atoms with Gasteiger partial charge in [0.1, 0.15) is 6.10 Å². The fourth-order valence-corrected chi connectivity index (χ4v) is 1.11. The summed E-state index contributed by atoms with van der Waals surface area (Å²) in [7, 11) is 0. The van der Waals surface area contributed by atoms with Gasteiger partial charge < -0.3 is 4.74 Å². The SMILES string of the molecule is CCC1CC(C)=C(C)O1. The molecule has 1 rings (SSSR count). The first kappa shape index (κ1) is 6.66. The van der Waals surface area contributed by atoms with Crippen LogP contribution in [0.4, 0.5) is 0 Å². The average molecular weight is 126 g/mol. The molecule has 0 spiro atoms. The quantitative estimate of drug-likeness (QED) is 0.524. The van der Waals surface area contributed by atoms with E-state index in [1.165, 1.54) is 5.57 Å². The highest BCUT2D eigenvalue weighted by atomic mass is 16.5. The van der Waals surface area contributed by atoms with Gasteiger partial charge in [-0.2, -0.15) is 0 Å². The van der Waals surface area contributed by atoms with E-state index in [9.17, 15) is 0 Å². The molecule has 0 saturated heterocycles. The Bertz CT molecular complexity index is 122. The molecule has 52 valence electrons. The highest BCUT2D eigenvalue weighted by molar-refractivity contribution is 5.09. The fourth-order valence-electron chi connectivity index (χ4n) is 1.11. The lowest BCUT2D eigenvalue weighted by Crippen LogP contribution is -2.02. The summed E-state index contributed by atoms with van der Waals surface area (Å²) in [4.78, 5) is 0. The van der Waals surface area contributed by atoms with Gasteiger partial charge in [-0.3, -0.25) is 0 Å². The number of hydrogen-bond acceptors (Lipinski definition) is 1. The van der Waals surface area contributed by atoms with Crippen molar-refractivity contribution >= 4 is 0 Å². The van der Waals surface area contributed by atoms with E-state index in [2.05, 4.69) is 13.8 Å². The molecule has 0 bridgehead atoms.